The Bertz CT molecular complexity index is 988. The maximum atomic E-state index is 12.8. The average molecular weight is 443 g/mol. The van der Waals surface area contributed by atoms with Crippen LogP contribution in [0.1, 0.15) is 28.0 Å². The fourth-order valence-corrected chi connectivity index (χ4v) is 4.95. The number of carbonyl (C=O) groups is 1. The summed E-state index contributed by atoms with van der Waals surface area (Å²) in [5, 5.41) is -0.376. The second-order valence-electron chi connectivity index (χ2n) is 7.20. The van der Waals surface area contributed by atoms with Crippen molar-refractivity contribution in [1.29, 1.82) is 0 Å². The van der Waals surface area contributed by atoms with Gasteiger partial charge in [0.2, 0.25) is 5.91 Å². The molecule has 3 aromatic rings. The lowest BCUT2D eigenvalue weighted by atomic mass is 9.90. The van der Waals surface area contributed by atoms with Crippen LogP contribution < -0.4 is 4.74 Å². The van der Waals surface area contributed by atoms with E-state index in [2.05, 4.69) is 4.74 Å². The Morgan fingerprint density at radius 3 is 2.13 bits per heavy atom. The molecule has 4 rings (SSSR count). The van der Waals surface area contributed by atoms with Crippen LogP contribution in [0.5, 0.6) is 5.75 Å². The van der Waals surface area contributed by atoms with E-state index in [4.69, 9.17) is 0 Å². The summed E-state index contributed by atoms with van der Waals surface area (Å²) in [6.07, 6.45) is -4.76. The number of hydrogen-bond acceptors (Lipinski definition) is 3. The van der Waals surface area contributed by atoms with Crippen molar-refractivity contribution >= 4 is 17.7 Å². The molecule has 1 saturated heterocycles. The number of halogens is 3. The maximum Gasteiger partial charge on any atom is 0.573 e. The van der Waals surface area contributed by atoms with Gasteiger partial charge in [-0.25, -0.2) is 0 Å². The van der Waals surface area contributed by atoms with Crippen molar-refractivity contribution < 1.29 is 22.7 Å². The van der Waals surface area contributed by atoms with E-state index >= 15 is 0 Å². The minimum atomic E-state index is -4.76. The lowest BCUT2D eigenvalue weighted by Crippen LogP contribution is -2.33. The molecule has 1 amide bonds. The maximum absolute atomic E-state index is 12.8. The van der Waals surface area contributed by atoms with Gasteiger partial charge in [-0.2, -0.15) is 0 Å². The summed E-state index contributed by atoms with van der Waals surface area (Å²) in [4.78, 5) is 14.5. The topological polar surface area (TPSA) is 29.5 Å². The molecule has 160 valence electrons. The van der Waals surface area contributed by atoms with Crippen LogP contribution in [0.15, 0.2) is 84.9 Å². The lowest BCUT2D eigenvalue weighted by Gasteiger charge is -2.29. The van der Waals surface area contributed by atoms with Crippen molar-refractivity contribution in [2.45, 2.75) is 17.7 Å². The molecule has 0 radical (unpaired) electrons. The van der Waals surface area contributed by atoms with Crippen molar-refractivity contribution in [1.82, 2.24) is 4.90 Å². The molecule has 1 unspecified atom stereocenters. The van der Waals surface area contributed by atoms with E-state index in [0.29, 0.717) is 12.1 Å². The van der Waals surface area contributed by atoms with E-state index in [-0.39, 0.29) is 28.7 Å². The number of rotatable bonds is 6. The third-order valence-corrected chi connectivity index (χ3v) is 6.38. The van der Waals surface area contributed by atoms with Crippen LogP contribution in [0.4, 0.5) is 13.2 Å². The molecule has 3 aromatic carbocycles. The number of alkyl halides is 3. The molecular weight excluding hydrogens is 423 g/mol. The molecule has 0 spiro atoms. The van der Waals surface area contributed by atoms with Gasteiger partial charge in [-0.3, -0.25) is 4.79 Å². The van der Waals surface area contributed by atoms with Gasteiger partial charge in [-0.1, -0.05) is 72.8 Å². The molecule has 0 aliphatic carbocycles. The number of thioether (sulfide) groups is 1. The van der Waals surface area contributed by atoms with Crippen LogP contribution in [-0.2, 0) is 4.79 Å². The Morgan fingerprint density at radius 2 is 1.55 bits per heavy atom. The standard InChI is InChI=1S/C24H20F3NO2S/c25-24(26,27)30-20-13-7-12-19(14-20)23-28(22(29)16-31-23)15-21(17-8-3-1-4-9-17)18-10-5-2-6-11-18/h1-14,21,23H,15-16H2. The number of nitrogens with zero attached hydrogens (tertiary/aromatic N) is 1. The molecule has 1 fully saturated rings. The third kappa shape index (κ3) is 5.22. The molecule has 7 heteroatoms. The summed E-state index contributed by atoms with van der Waals surface area (Å²) >= 11 is 1.41. The van der Waals surface area contributed by atoms with E-state index in [0.717, 1.165) is 11.1 Å². The number of ether oxygens (including phenoxy) is 1. The van der Waals surface area contributed by atoms with Gasteiger partial charge in [0.1, 0.15) is 11.1 Å². The molecule has 1 atom stereocenters. The van der Waals surface area contributed by atoms with Gasteiger partial charge in [-0.15, -0.1) is 24.9 Å². The average Bonchev–Trinajstić information content (AvgIpc) is 3.12. The van der Waals surface area contributed by atoms with Crippen LogP contribution >= 0.6 is 11.8 Å². The molecule has 0 bridgehead atoms. The molecule has 0 saturated carbocycles. The number of amides is 1. The zero-order chi connectivity index (χ0) is 21.8. The molecule has 31 heavy (non-hydrogen) atoms. The first-order valence-electron chi connectivity index (χ1n) is 9.77. The molecule has 1 aliphatic rings. The summed E-state index contributed by atoms with van der Waals surface area (Å²) < 4.78 is 42.0. The summed E-state index contributed by atoms with van der Waals surface area (Å²) in [6, 6.07) is 25.7. The number of hydrogen-bond donors (Lipinski definition) is 0. The van der Waals surface area contributed by atoms with Crippen molar-refractivity contribution in [2.75, 3.05) is 12.3 Å². The SMILES string of the molecule is O=C1CSC(c2cccc(OC(F)(F)F)c2)N1CC(c1ccccc1)c1ccccc1. The minimum Gasteiger partial charge on any atom is -0.406 e. The van der Waals surface area contributed by atoms with E-state index in [1.54, 1.807) is 11.0 Å². The van der Waals surface area contributed by atoms with Crippen LogP contribution in [-0.4, -0.2) is 29.5 Å². The van der Waals surface area contributed by atoms with Gasteiger partial charge in [0.15, 0.2) is 0 Å². The van der Waals surface area contributed by atoms with E-state index < -0.39 is 6.36 Å². The Balaban J connectivity index is 1.64. The fourth-order valence-electron chi connectivity index (χ4n) is 3.76. The highest BCUT2D eigenvalue weighted by Crippen LogP contribution is 2.42. The highest BCUT2D eigenvalue weighted by Gasteiger charge is 2.36. The Labute approximate surface area is 182 Å². The van der Waals surface area contributed by atoms with Crippen LogP contribution in [0.25, 0.3) is 0 Å². The summed E-state index contributed by atoms with van der Waals surface area (Å²) in [7, 11) is 0. The highest BCUT2D eigenvalue weighted by atomic mass is 32.2. The summed E-state index contributed by atoms with van der Waals surface area (Å²) in [5.74, 6) is -0.0885. The second-order valence-corrected chi connectivity index (χ2v) is 8.27. The van der Waals surface area contributed by atoms with Gasteiger partial charge in [0.25, 0.3) is 0 Å². The van der Waals surface area contributed by atoms with Gasteiger partial charge >= 0.3 is 6.36 Å². The minimum absolute atomic E-state index is 0.0333. The van der Waals surface area contributed by atoms with Crippen molar-refractivity contribution in [3.05, 3.63) is 102 Å². The van der Waals surface area contributed by atoms with Crippen LogP contribution in [0, 0.1) is 0 Å². The summed E-state index contributed by atoms with van der Waals surface area (Å²) in [5.41, 5.74) is 2.76. The molecule has 3 nitrogen and oxygen atoms in total. The van der Waals surface area contributed by atoms with Crippen molar-refractivity contribution in [3.8, 4) is 5.75 Å². The first-order valence-corrected chi connectivity index (χ1v) is 10.8. The number of benzene rings is 3. The second kappa shape index (κ2) is 9.06. The molecular formula is C24H20F3NO2S. The van der Waals surface area contributed by atoms with Crippen molar-refractivity contribution in [3.63, 3.8) is 0 Å². The Hall–Kier alpha value is -2.93. The van der Waals surface area contributed by atoms with Crippen LogP contribution in [0.3, 0.4) is 0 Å². The van der Waals surface area contributed by atoms with Crippen molar-refractivity contribution in [2.24, 2.45) is 0 Å². The zero-order valence-electron chi connectivity index (χ0n) is 16.5. The fraction of sp³-hybridized carbons (Fsp3) is 0.208. The monoisotopic (exact) mass is 443 g/mol. The quantitative estimate of drug-likeness (QED) is 0.469. The first-order chi connectivity index (χ1) is 14.9. The predicted octanol–water partition coefficient (Wildman–Crippen LogP) is 5.99. The molecule has 1 aliphatic heterocycles. The number of carbonyl (C=O) groups excluding carboxylic acids is 1. The van der Waals surface area contributed by atoms with E-state index in [1.807, 2.05) is 60.7 Å². The van der Waals surface area contributed by atoms with Crippen LogP contribution in [0.2, 0.25) is 0 Å². The molecule has 0 aromatic heterocycles. The molecule has 1 heterocycles. The van der Waals surface area contributed by atoms with Gasteiger partial charge < -0.3 is 9.64 Å². The Kier molecular flexibility index (Phi) is 6.23. The van der Waals surface area contributed by atoms with E-state index in [9.17, 15) is 18.0 Å². The highest BCUT2D eigenvalue weighted by molar-refractivity contribution is 8.00. The molecule has 0 N–H and O–H groups in total. The Morgan fingerprint density at radius 1 is 0.935 bits per heavy atom. The lowest BCUT2D eigenvalue weighted by molar-refractivity contribution is -0.274. The first kappa shape index (κ1) is 21.3. The predicted molar refractivity (Wildman–Crippen MR) is 115 cm³/mol. The largest absolute Gasteiger partial charge is 0.573 e. The smallest absolute Gasteiger partial charge is 0.406 e. The third-order valence-electron chi connectivity index (χ3n) is 5.13. The van der Waals surface area contributed by atoms with Gasteiger partial charge in [0, 0.05) is 12.5 Å². The zero-order valence-corrected chi connectivity index (χ0v) is 17.3. The van der Waals surface area contributed by atoms with Gasteiger partial charge in [0.05, 0.1) is 5.75 Å². The normalized spacial score (nSPS) is 16.7. The van der Waals surface area contributed by atoms with Gasteiger partial charge in [-0.05, 0) is 28.8 Å². The van der Waals surface area contributed by atoms with E-state index in [1.165, 1.54) is 30.0 Å². The summed E-state index contributed by atoms with van der Waals surface area (Å²) in [6.45, 7) is 0.425.